The lowest BCUT2D eigenvalue weighted by Crippen LogP contribution is -1.94. The highest BCUT2D eigenvalue weighted by Gasteiger charge is 2.13. The second kappa shape index (κ2) is 4.20. The van der Waals surface area contributed by atoms with Gasteiger partial charge >= 0.3 is 0 Å². The topological polar surface area (TPSA) is 43.3 Å². The van der Waals surface area contributed by atoms with Crippen LogP contribution in [-0.4, -0.2) is 9.38 Å². The molecule has 3 rings (SSSR count). The van der Waals surface area contributed by atoms with E-state index in [9.17, 15) is 8.78 Å². The third-order valence-corrected chi connectivity index (χ3v) is 3.04. The summed E-state index contributed by atoms with van der Waals surface area (Å²) < 4.78 is 27.8. The molecule has 2 heterocycles. The van der Waals surface area contributed by atoms with E-state index >= 15 is 0 Å². The Kier molecular flexibility index (Phi) is 2.64. The lowest BCUT2D eigenvalue weighted by atomic mass is 10.1. The summed E-state index contributed by atoms with van der Waals surface area (Å²) in [6.07, 6.45) is 1.61. The zero-order chi connectivity index (χ0) is 13.6. The molecule has 2 N–H and O–H groups in total. The van der Waals surface area contributed by atoms with E-state index in [2.05, 4.69) is 4.98 Å². The first-order valence-corrected chi connectivity index (χ1v) is 5.82. The van der Waals surface area contributed by atoms with Gasteiger partial charge in [0.2, 0.25) is 0 Å². The molecule has 0 amide bonds. The van der Waals surface area contributed by atoms with E-state index < -0.39 is 11.6 Å². The van der Waals surface area contributed by atoms with Crippen LogP contribution in [0.1, 0.15) is 0 Å². The van der Waals surface area contributed by atoms with Gasteiger partial charge in [-0.05, 0) is 30.3 Å². The van der Waals surface area contributed by atoms with Gasteiger partial charge in [0.05, 0.1) is 5.02 Å². The smallest absolute Gasteiger partial charge is 0.159 e. The summed E-state index contributed by atoms with van der Waals surface area (Å²) in [5.41, 5.74) is 7.34. The molecule has 0 unspecified atom stereocenters. The van der Waals surface area contributed by atoms with Gasteiger partial charge in [0.15, 0.2) is 11.6 Å². The molecule has 96 valence electrons. The van der Waals surface area contributed by atoms with Crippen LogP contribution in [0.3, 0.4) is 0 Å². The summed E-state index contributed by atoms with van der Waals surface area (Å²) >= 11 is 5.88. The van der Waals surface area contributed by atoms with Crippen LogP contribution in [0.15, 0.2) is 36.5 Å². The van der Waals surface area contributed by atoms with Gasteiger partial charge in [-0.25, -0.2) is 13.8 Å². The van der Waals surface area contributed by atoms with Crippen LogP contribution < -0.4 is 5.73 Å². The zero-order valence-corrected chi connectivity index (χ0v) is 10.3. The average molecular weight is 280 g/mol. The monoisotopic (exact) mass is 279 g/mol. The lowest BCUT2D eigenvalue weighted by Gasteiger charge is -2.00. The zero-order valence-electron chi connectivity index (χ0n) is 9.57. The Morgan fingerprint density at radius 3 is 2.63 bits per heavy atom. The maximum absolute atomic E-state index is 13.2. The molecular weight excluding hydrogens is 272 g/mol. The predicted octanol–water partition coefficient (Wildman–Crippen LogP) is 3.52. The van der Waals surface area contributed by atoms with Crippen LogP contribution in [0.2, 0.25) is 5.02 Å². The van der Waals surface area contributed by atoms with Gasteiger partial charge in [0.25, 0.3) is 0 Å². The minimum Gasteiger partial charge on any atom is -0.383 e. The number of hydrogen-bond acceptors (Lipinski definition) is 2. The van der Waals surface area contributed by atoms with E-state index in [1.165, 1.54) is 6.07 Å². The van der Waals surface area contributed by atoms with Gasteiger partial charge in [0, 0.05) is 11.8 Å². The molecule has 0 aliphatic heterocycles. The molecule has 0 aliphatic rings. The fraction of sp³-hybridized carbons (Fsp3) is 0. The molecule has 0 spiro atoms. The van der Waals surface area contributed by atoms with Gasteiger partial charge < -0.3 is 5.73 Å². The Morgan fingerprint density at radius 2 is 1.89 bits per heavy atom. The maximum atomic E-state index is 13.2. The van der Waals surface area contributed by atoms with Crippen molar-refractivity contribution in [2.24, 2.45) is 0 Å². The minimum atomic E-state index is -0.938. The Bertz CT molecular complexity index is 783. The van der Waals surface area contributed by atoms with Crippen molar-refractivity contribution in [2.45, 2.75) is 0 Å². The number of nitrogen functional groups attached to an aromatic ring is 1. The van der Waals surface area contributed by atoms with Crippen LogP contribution in [-0.2, 0) is 0 Å². The highest BCUT2D eigenvalue weighted by molar-refractivity contribution is 6.30. The highest BCUT2D eigenvalue weighted by Crippen LogP contribution is 2.28. The number of halogens is 3. The number of hydrogen-bond donors (Lipinski definition) is 1. The molecule has 1 aromatic carbocycles. The Hall–Kier alpha value is -2.14. The fourth-order valence-corrected chi connectivity index (χ4v) is 2.05. The maximum Gasteiger partial charge on any atom is 0.159 e. The number of anilines is 1. The number of fused-ring (bicyclic) bond motifs is 1. The number of nitrogens with zero attached hydrogens (tertiary/aromatic N) is 2. The number of pyridine rings is 1. The van der Waals surface area contributed by atoms with E-state index in [0.29, 0.717) is 27.7 Å². The fourth-order valence-electron chi connectivity index (χ4n) is 1.89. The molecule has 0 aliphatic carbocycles. The van der Waals surface area contributed by atoms with E-state index in [1.807, 2.05) is 0 Å². The van der Waals surface area contributed by atoms with Crippen LogP contribution >= 0.6 is 11.6 Å². The molecule has 0 saturated carbocycles. The van der Waals surface area contributed by atoms with Gasteiger partial charge in [-0.1, -0.05) is 11.6 Å². The number of imidazole rings is 1. The summed E-state index contributed by atoms with van der Waals surface area (Å²) in [7, 11) is 0. The summed E-state index contributed by atoms with van der Waals surface area (Å²) in [4.78, 5) is 4.28. The first-order valence-electron chi connectivity index (χ1n) is 5.45. The molecule has 6 heteroatoms. The molecular formula is C13H8ClF2N3. The van der Waals surface area contributed by atoms with Crippen molar-refractivity contribution in [2.75, 3.05) is 5.73 Å². The third kappa shape index (κ3) is 1.92. The van der Waals surface area contributed by atoms with E-state index in [4.69, 9.17) is 17.3 Å². The van der Waals surface area contributed by atoms with Crippen molar-refractivity contribution < 1.29 is 8.78 Å². The minimum absolute atomic E-state index is 0.323. The summed E-state index contributed by atoms with van der Waals surface area (Å²) in [6, 6.07) is 6.91. The second-order valence-corrected chi connectivity index (χ2v) is 4.49. The van der Waals surface area contributed by atoms with E-state index in [1.54, 1.807) is 22.7 Å². The predicted molar refractivity (Wildman–Crippen MR) is 70.0 cm³/mol. The molecule has 0 radical (unpaired) electrons. The van der Waals surface area contributed by atoms with Crippen molar-refractivity contribution >= 4 is 23.1 Å². The lowest BCUT2D eigenvalue weighted by molar-refractivity contribution is 0.509. The van der Waals surface area contributed by atoms with Gasteiger partial charge in [-0.3, -0.25) is 4.40 Å². The number of aromatic nitrogens is 2. The number of nitrogens with two attached hydrogens (primary N) is 1. The van der Waals surface area contributed by atoms with Gasteiger partial charge in [-0.15, -0.1) is 0 Å². The van der Waals surface area contributed by atoms with Crippen molar-refractivity contribution in [1.82, 2.24) is 9.38 Å². The van der Waals surface area contributed by atoms with Crippen LogP contribution in [0.5, 0.6) is 0 Å². The van der Waals surface area contributed by atoms with E-state index in [-0.39, 0.29) is 0 Å². The molecule has 0 bridgehead atoms. The molecule has 3 aromatic rings. The van der Waals surface area contributed by atoms with Crippen molar-refractivity contribution in [3.63, 3.8) is 0 Å². The largest absolute Gasteiger partial charge is 0.383 e. The van der Waals surface area contributed by atoms with Crippen molar-refractivity contribution in [1.29, 1.82) is 0 Å². The molecule has 0 fully saturated rings. The highest BCUT2D eigenvalue weighted by atomic mass is 35.5. The Balaban J connectivity index is 2.24. The first-order chi connectivity index (χ1) is 9.06. The SMILES string of the molecule is Nc1c(-c2ccc(F)c(F)c2)nc2ccc(Cl)cn12. The number of benzene rings is 1. The average Bonchev–Trinajstić information content (AvgIpc) is 2.70. The standard InChI is InChI=1S/C13H8ClF2N3/c14-8-2-4-11-18-12(13(17)19(11)6-8)7-1-3-9(15)10(16)5-7/h1-6H,17H2. The second-order valence-electron chi connectivity index (χ2n) is 4.05. The van der Waals surface area contributed by atoms with Crippen molar-refractivity contribution in [3.05, 3.63) is 53.2 Å². The van der Waals surface area contributed by atoms with Crippen LogP contribution in [0.4, 0.5) is 14.6 Å². The molecule has 3 nitrogen and oxygen atoms in total. The summed E-state index contributed by atoms with van der Waals surface area (Å²) in [6.45, 7) is 0. The van der Waals surface area contributed by atoms with Crippen LogP contribution in [0, 0.1) is 11.6 Å². The Morgan fingerprint density at radius 1 is 1.11 bits per heavy atom. The quantitative estimate of drug-likeness (QED) is 0.741. The molecule has 19 heavy (non-hydrogen) atoms. The molecule has 2 aromatic heterocycles. The van der Waals surface area contributed by atoms with Gasteiger partial charge in [-0.2, -0.15) is 0 Å². The summed E-state index contributed by atoms with van der Waals surface area (Å²) in [5.74, 6) is -1.52. The molecule has 0 saturated heterocycles. The van der Waals surface area contributed by atoms with Crippen LogP contribution in [0.25, 0.3) is 16.9 Å². The van der Waals surface area contributed by atoms with E-state index in [0.717, 1.165) is 12.1 Å². The first kappa shape index (κ1) is 11.9. The van der Waals surface area contributed by atoms with Crippen molar-refractivity contribution in [3.8, 4) is 11.3 Å². The van der Waals surface area contributed by atoms with Gasteiger partial charge in [0.1, 0.15) is 17.2 Å². The third-order valence-electron chi connectivity index (χ3n) is 2.81. The summed E-state index contributed by atoms with van der Waals surface area (Å²) in [5, 5.41) is 0.508. The normalized spacial score (nSPS) is 11.1. The molecule has 0 atom stereocenters. The Labute approximate surface area is 112 Å². The number of rotatable bonds is 1.